The van der Waals surface area contributed by atoms with Gasteiger partial charge in [0.1, 0.15) is 5.75 Å². The van der Waals surface area contributed by atoms with E-state index in [1.165, 1.54) is 38.0 Å². The maximum absolute atomic E-state index is 9.47. The minimum Gasteiger partial charge on any atom is -0.507 e. The highest BCUT2D eigenvalue weighted by atomic mass is 79.9. The molecule has 0 radical (unpaired) electrons. The minimum absolute atomic E-state index is 0.307. The van der Waals surface area contributed by atoms with Gasteiger partial charge in [0.2, 0.25) is 0 Å². The molecule has 2 N–H and O–H groups in total. The lowest BCUT2D eigenvalue weighted by atomic mass is 9.84. The quantitative estimate of drug-likeness (QED) is 0.899. The van der Waals surface area contributed by atoms with Gasteiger partial charge in [-0.2, -0.15) is 0 Å². The van der Waals surface area contributed by atoms with Crippen molar-refractivity contribution in [2.24, 2.45) is 5.92 Å². The molecule has 1 atom stereocenters. The number of aromatic hydroxyl groups is 1. The summed E-state index contributed by atoms with van der Waals surface area (Å²) in [5.74, 6) is 1.16. The molecule has 0 aromatic heterocycles. The van der Waals surface area contributed by atoms with Crippen LogP contribution in [0.1, 0.15) is 18.4 Å². The van der Waals surface area contributed by atoms with Crippen molar-refractivity contribution in [2.75, 3.05) is 19.6 Å². The van der Waals surface area contributed by atoms with Crippen LogP contribution in [0.25, 0.3) is 0 Å². The van der Waals surface area contributed by atoms with Gasteiger partial charge >= 0.3 is 0 Å². The second kappa shape index (κ2) is 5.19. The molecule has 4 heteroatoms. The summed E-state index contributed by atoms with van der Waals surface area (Å²) in [7, 11) is 0. The first-order chi connectivity index (χ1) is 8.72. The molecule has 3 saturated heterocycles. The van der Waals surface area contributed by atoms with Crippen molar-refractivity contribution in [3.05, 3.63) is 28.2 Å². The Morgan fingerprint density at radius 3 is 2.72 bits per heavy atom. The number of piperidine rings is 3. The highest BCUT2D eigenvalue weighted by Gasteiger charge is 2.33. The molecule has 3 nitrogen and oxygen atoms in total. The molecule has 1 aromatic rings. The van der Waals surface area contributed by atoms with Gasteiger partial charge in [-0.3, -0.25) is 0 Å². The monoisotopic (exact) mass is 310 g/mol. The lowest BCUT2D eigenvalue weighted by Crippen LogP contribution is -2.55. The first-order valence-corrected chi connectivity index (χ1v) is 7.45. The zero-order valence-electron chi connectivity index (χ0n) is 10.4. The first kappa shape index (κ1) is 12.5. The molecular weight excluding hydrogens is 292 g/mol. The number of phenolic OH excluding ortho intramolecular Hbond substituents is 1. The molecule has 1 unspecified atom stereocenters. The van der Waals surface area contributed by atoms with Crippen LogP contribution in [-0.4, -0.2) is 35.7 Å². The van der Waals surface area contributed by atoms with Crippen molar-refractivity contribution in [3.63, 3.8) is 0 Å². The summed E-state index contributed by atoms with van der Waals surface area (Å²) in [4.78, 5) is 2.56. The number of hydrogen-bond donors (Lipinski definition) is 2. The molecule has 1 aromatic carbocycles. The van der Waals surface area contributed by atoms with Gasteiger partial charge in [0.15, 0.2) is 0 Å². The van der Waals surface area contributed by atoms with E-state index >= 15 is 0 Å². The summed E-state index contributed by atoms with van der Waals surface area (Å²) in [6, 6.07) is 6.36. The average molecular weight is 311 g/mol. The van der Waals surface area contributed by atoms with E-state index in [1.807, 2.05) is 12.1 Å². The van der Waals surface area contributed by atoms with Crippen LogP contribution < -0.4 is 5.32 Å². The van der Waals surface area contributed by atoms with Crippen molar-refractivity contribution in [1.29, 1.82) is 0 Å². The van der Waals surface area contributed by atoms with Crippen LogP contribution in [-0.2, 0) is 6.54 Å². The van der Waals surface area contributed by atoms with Crippen molar-refractivity contribution < 1.29 is 5.11 Å². The fraction of sp³-hybridized carbons (Fsp3) is 0.571. The molecule has 98 valence electrons. The average Bonchev–Trinajstić information content (AvgIpc) is 2.41. The lowest BCUT2D eigenvalue weighted by Gasteiger charge is -2.45. The van der Waals surface area contributed by atoms with Crippen LogP contribution in [0.2, 0.25) is 0 Å². The number of fused-ring (bicyclic) bond motifs is 3. The number of halogens is 1. The third kappa shape index (κ3) is 2.56. The second-order valence-corrected chi connectivity index (χ2v) is 6.27. The predicted molar refractivity (Wildman–Crippen MR) is 75.6 cm³/mol. The Hall–Kier alpha value is -0.580. The van der Waals surface area contributed by atoms with Crippen LogP contribution in [0.5, 0.6) is 5.75 Å². The molecular formula is C14H19BrN2O. The van der Waals surface area contributed by atoms with Gasteiger partial charge in [-0.15, -0.1) is 0 Å². The van der Waals surface area contributed by atoms with Gasteiger partial charge in [0.05, 0.1) is 4.47 Å². The summed E-state index contributed by atoms with van der Waals surface area (Å²) < 4.78 is 0.774. The van der Waals surface area contributed by atoms with E-state index in [1.54, 1.807) is 6.07 Å². The van der Waals surface area contributed by atoms with E-state index in [0.29, 0.717) is 11.8 Å². The number of rotatable bonds is 3. The third-order valence-corrected chi connectivity index (χ3v) is 4.87. The predicted octanol–water partition coefficient (Wildman–Crippen LogP) is 2.34. The normalized spacial score (nSPS) is 30.6. The smallest absolute Gasteiger partial charge is 0.129 e. The summed E-state index contributed by atoms with van der Waals surface area (Å²) >= 11 is 3.36. The highest BCUT2D eigenvalue weighted by molar-refractivity contribution is 9.10. The molecule has 0 saturated carbocycles. The minimum atomic E-state index is 0.307. The van der Waals surface area contributed by atoms with Gasteiger partial charge in [0.25, 0.3) is 0 Å². The van der Waals surface area contributed by atoms with Crippen molar-refractivity contribution >= 4 is 15.9 Å². The number of hydrogen-bond acceptors (Lipinski definition) is 3. The third-order valence-electron chi connectivity index (χ3n) is 4.24. The number of nitrogens with zero attached hydrogens (tertiary/aromatic N) is 1. The van der Waals surface area contributed by atoms with Gasteiger partial charge in [0, 0.05) is 19.1 Å². The van der Waals surface area contributed by atoms with Gasteiger partial charge in [-0.05, 0) is 65.5 Å². The highest BCUT2D eigenvalue weighted by Crippen LogP contribution is 2.28. The van der Waals surface area contributed by atoms with Crippen LogP contribution >= 0.6 is 15.9 Å². The van der Waals surface area contributed by atoms with Crippen LogP contribution in [0, 0.1) is 5.92 Å². The molecule has 0 spiro atoms. The van der Waals surface area contributed by atoms with Crippen LogP contribution in [0.4, 0.5) is 0 Å². The van der Waals surface area contributed by atoms with E-state index in [9.17, 15) is 5.11 Å². The molecule has 18 heavy (non-hydrogen) atoms. The fourth-order valence-electron chi connectivity index (χ4n) is 3.11. The molecule has 2 bridgehead atoms. The molecule has 0 aliphatic carbocycles. The van der Waals surface area contributed by atoms with Crippen molar-refractivity contribution in [3.8, 4) is 5.75 Å². The first-order valence-electron chi connectivity index (χ1n) is 6.65. The second-order valence-electron chi connectivity index (χ2n) is 5.41. The Kier molecular flexibility index (Phi) is 3.59. The van der Waals surface area contributed by atoms with E-state index < -0.39 is 0 Å². The maximum atomic E-state index is 9.47. The van der Waals surface area contributed by atoms with Gasteiger partial charge in [-0.25, -0.2) is 0 Å². The largest absolute Gasteiger partial charge is 0.507 e. The SMILES string of the molecule is Oc1ccc(CNC2CN3CCC2CC3)cc1Br. The zero-order chi connectivity index (χ0) is 12.5. The molecule has 3 aliphatic rings. The topological polar surface area (TPSA) is 35.5 Å². The van der Waals surface area contributed by atoms with Crippen LogP contribution in [0.3, 0.4) is 0 Å². The zero-order valence-corrected chi connectivity index (χ0v) is 12.0. The summed E-state index contributed by atoms with van der Waals surface area (Å²) in [6.45, 7) is 4.65. The van der Waals surface area contributed by atoms with E-state index in [2.05, 4.69) is 26.1 Å². The fourth-order valence-corrected chi connectivity index (χ4v) is 3.53. The van der Waals surface area contributed by atoms with E-state index in [-0.39, 0.29) is 0 Å². The van der Waals surface area contributed by atoms with Crippen molar-refractivity contribution in [2.45, 2.75) is 25.4 Å². The molecule has 4 rings (SSSR count). The Balaban J connectivity index is 1.59. The van der Waals surface area contributed by atoms with E-state index in [4.69, 9.17) is 0 Å². The number of benzene rings is 1. The number of nitrogens with one attached hydrogen (secondary N) is 1. The summed E-state index contributed by atoms with van der Waals surface area (Å²) in [6.07, 6.45) is 2.69. The Morgan fingerprint density at radius 2 is 2.11 bits per heavy atom. The molecule has 0 amide bonds. The van der Waals surface area contributed by atoms with Gasteiger partial charge in [-0.1, -0.05) is 6.07 Å². The summed E-state index contributed by atoms with van der Waals surface area (Å²) in [5, 5.41) is 13.1. The van der Waals surface area contributed by atoms with Crippen molar-refractivity contribution in [1.82, 2.24) is 10.2 Å². The number of phenols is 1. The standard InChI is InChI=1S/C14H19BrN2O/c15-12-7-10(1-2-14(12)18)8-16-13-9-17-5-3-11(13)4-6-17/h1-2,7,11,13,16,18H,3-6,8-9H2. The molecule has 3 aliphatic heterocycles. The summed E-state index contributed by atoms with van der Waals surface area (Å²) in [5.41, 5.74) is 1.22. The van der Waals surface area contributed by atoms with E-state index in [0.717, 1.165) is 16.9 Å². The molecule has 3 fully saturated rings. The Labute approximate surface area is 116 Å². The Morgan fingerprint density at radius 1 is 1.33 bits per heavy atom. The Bertz CT molecular complexity index is 430. The van der Waals surface area contributed by atoms with Crippen LogP contribution in [0.15, 0.2) is 22.7 Å². The molecule has 3 heterocycles. The maximum Gasteiger partial charge on any atom is 0.129 e. The lowest BCUT2D eigenvalue weighted by molar-refractivity contribution is 0.0720. The van der Waals surface area contributed by atoms with Gasteiger partial charge < -0.3 is 15.3 Å².